The van der Waals surface area contributed by atoms with Gasteiger partial charge in [0.05, 0.1) is 11.8 Å². The predicted octanol–water partition coefficient (Wildman–Crippen LogP) is 4.86. The first-order valence-electron chi connectivity index (χ1n) is 8.81. The van der Waals surface area contributed by atoms with Crippen LogP contribution in [0.2, 0.25) is 5.02 Å². The van der Waals surface area contributed by atoms with Crippen molar-refractivity contribution in [3.63, 3.8) is 0 Å². The second-order valence-electron chi connectivity index (χ2n) is 6.74. The summed E-state index contributed by atoms with van der Waals surface area (Å²) in [4.78, 5) is 38.8. The number of amides is 4. The molecule has 1 aliphatic heterocycles. The van der Waals surface area contributed by atoms with Crippen molar-refractivity contribution < 1.29 is 19.1 Å². The number of imide groups is 2. The molecule has 1 heterocycles. The molecular weight excluding hydrogens is 460 g/mol. The Morgan fingerprint density at radius 3 is 2.52 bits per heavy atom. The number of carbonyl (C=O) groups is 3. The maximum absolute atomic E-state index is 13.1. The van der Waals surface area contributed by atoms with Gasteiger partial charge in [0.1, 0.15) is 11.3 Å². The molecule has 0 aromatic heterocycles. The number of hydrogen-bond acceptors (Lipinski definition) is 4. The number of barbiturate groups is 1. The molecule has 0 bridgehead atoms. The SMILES string of the molecule is Cc1cc(N2C(=O)NC(=O)/C(=C/c3cc(Cl)ccc3OC(C)C)C2=O)ccc1Br. The molecule has 0 radical (unpaired) electrons. The maximum Gasteiger partial charge on any atom is 0.335 e. The van der Waals surface area contributed by atoms with E-state index >= 15 is 0 Å². The van der Waals surface area contributed by atoms with Crippen LogP contribution < -0.4 is 15.0 Å². The van der Waals surface area contributed by atoms with E-state index in [0.29, 0.717) is 22.0 Å². The number of carbonyl (C=O) groups excluding carboxylic acids is 3. The van der Waals surface area contributed by atoms with Crippen molar-refractivity contribution in [3.05, 3.63) is 62.6 Å². The molecule has 3 rings (SSSR count). The van der Waals surface area contributed by atoms with Crippen molar-refractivity contribution >= 4 is 57.1 Å². The van der Waals surface area contributed by atoms with Crippen LogP contribution in [0.15, 0.2) is 46.4 Å². The highest BCUT2D eigenvalue weighted by Crippen LogP contribution is 2.29. The van der Waals surface area contributed by atoms with Gasteiger partial charge in [0.25, 0.3) is 11.8 Å². The van der Waals surface area contributed by atoms with E-state index in [1.165, 1.54) is 6.08 Å². The fourth-order valence-electron chi connectivity index (χ4n) is 2.81. The van der Waals surface area contributed by atoms with Gasteiger partial charge in [-0.25, -0.2) is 9.69 Å². The van der Waals surface area contributed by atoms with Crippen LogP contribution in [0.3, 0.4) is 0 Å². The van der Waals surface area contributed by atoms with Gasteiger partial charge in [0, 0.05) is 15.1 Å². The zero-order valence-electron chi connectivity index (χ0n) is 16.0. The van der Waals surface area contributed by atoms with Crippen LogP contribution in [-0.2, 0) is 9.59 Å². The van der Waals surface area contributed by atoms with Crippen molar-refractivity contribution in [2.45, 2.75) is 26.9 Å². The minimum Gasteiger partial charge on any atom is -0.490 e. The van der Waals surface area contributed by atoms with Crippen LogP contribution >= 0.6 is 27.5 Å². The number of urea groups is 1. The van der Waals surface area contributed by atoms with Crippen LogP contribution in [0.25, 0.3) is 6.08 Å². The van der Waals surface area contributed by atoms with Gasteiger partial charge in [0.2, 0.25) is 0 Å². The lowest BCUT2D eigenvalue weighted by molar-refractivity contribution is -0.122. The summed E-state index contributed by atoms with van der Waals surface area (Å²) in [5, 5.41) is 2.64. The standard InChI is InChI=1S/C21H18BrClN2O4/c1-11(2)29-18-7-4-14(23)9-13(18)10-16-19(26)24-21(28)25(20(16)27)15-5-6-17(22)12(3)8-15/h4-11H,1-3H3,(H,24,26,28)/b16-10-. The number of benzene rings is 2. The van der Waals surface area contributed by atoms with Gasteiger partial charge in [-0.2, -0.15) is 0 Å². The second-order valence-corrected chi connectivity index (χ2v) is 8.03. The Morgan fingerprint density at radius 1 is 1.14 bits per heavy atom. The van der Waals surface area contributed by atoms with E-state index < -0.39 is 17.8 Å². The molecule has 6 nitrogen and oxygen atoms in total. The summed E-state index contributed by atoms with van der Waals surface area (Å²) in [5.41, 5.74) is 1.47. The number of nitrogens with one attached hydrogen (secondary N) is 1. The lowest BCUT2D eigenvalue weighted by Crippen LogP contribution is -2.54. The van der Waals surface area contributed by atoms with Gasteiger partial charge in [-0.05, 0) is 68.8 Å². The third-order valence-electron chi connectivity index (χ3n) is 4.14. The molecule has 29 heavy (non-hydrogen) atoms. The first-order chi connectivity index (χ1) is 13.7. The van der Waals surface area contributed by atoms with E-state index in [4.69, 9.17) is 16.3 Å². The van der Waals surface area contributed by atoms with Crippen molar-refractivity contribution in [1.29, 1.82) is 0 Å². The van der Waals surface area contributed by atoms with E-state index in [1.807, 2.05) is 20.8 Å². The lowest BCUT2D eigenvalue weighted by Gasteiger charge is -2.27. The highest BCUT2D eigenvalue weighted by molar-refractivity contribution is 9.10. The molecule has 2 aromatic rings. The summed E-state index contributed by atoms with van der Waals surface area (Å²) in [5.74, 6) is -1.03. The van der Waals surface area contributed by atoms with Crippen LogP contribution in [-0.4, -0.2) is 23.9 Å². The van der Waals surface area contributed by atoms with E-state index in [0.717, 1.165) is 14.9 Å². The summed E-state index contributed by atoms with van der Waals surface area (Å²) >= 11 is 9.47. The van der Waals surface area contributed by atoms with Crippen molar-refractivity contribution in [2.75, 3.05) is 4.90 Å². The lowest BCUT2D eigenvalue weighted by atomic mass is 10.1. The van der Waals surface area contributed by atoms with Gasteiger partial charge < -0.3 is 4.74 Å². The Hall–Kier alpha value is -2.64. The zero-order valence-corrected chi connectivity index (χ0v) is 18.3. The molecule has 0 saturated carbocycles. The number of anilines is 1. The first kappa shape index (κ1) is 21.1. The molecule has 1 saturated heterocycles. The van der Waals surface area contributed by atoms with E-state index in [9.17, 15) is 14.4 Å². The number of rotatable bonds is 4. The summed E-state index contributed by atoms with van der Waals surface area (Å²) in [6.07, 6.45) is 1.26. The van der Waals surface area contributed by atoms with Crippen LogP contribution in [0.5, 0.6) is 5.75 Å². The van der Waals surface area contributed by atoms with Crippen molar-refractivity contribution in [3.8, 4) is 5.75 Å². The molecule has 0 unspecified atom stereocenters. The highest BCUT2D eigenvalue weighted by atomic mass is 79.9. The summed E-state index contributed by atoms with van der Waals surface area (Å²) < 4.78 is 6.58. The van der Waals surface area contributed by atoms with Gasteiger partial charge in [-0.1, -0.05) is 27.5 Å². The Labute approximate surface area is 181 Å². The summed E-state index contributed by atoms with van der Waals surface area (Å²) in [7, 11) is 0. The molecule has 1 aliphatic rings. The van der Waals surface area contributed by atoms with Gasteiger partial charge in [-0.3, -0.25) is 14.9 Å². The van der Waals surface area contributed by atoms with Crippen LogP contribution in [0, 0.1) is 6.92 Å². The second kappa shape index (κ2) is 8.39. The third-order valence-corrected chi connectivity index (χ3v) is 5.26. The Balaban J connectivity index is 2.06. The van der Waals surface area contributed by atoms with Crippen molar-refractivity contribution in [1.82, 2.24) is 5.32 Å². The minimum atomic E-state index is -0.802. The molecule has 0 aliphatic carbocycles. The summed E-state index contributed by atoms with van der Waals surface area (Å²) in [6.45, 7) is 5.56. The molecule has 8 heteroatoms. The van der Waals surface area contributed by atoms with Gasteiger partial charge >= 0.3 is 6.03 Å². The van der Waals surface area contributed by atoms with Crippen LogP contribution in [0.1, 0.15) is 25.0 Å². The molecule has 1 N–H and O–H groups in total. The molecule has 0 spiro atoms. The van der Waals surface area contributed by atoms with Gasteiger partial charge in [-0.15, -0.1) is 0 Å². The Kier molecular flexibility index (Phi) is 6.10. The fourth-order valence-corrected chi connectivity index (χ4v) is 3.24. The molecule has 150 valence electrons. The monoisotopic (exact) mass is 476 g/mol. The van der Waals surface area contributed by atoms with E-state index in [2.05, 4.69) is 21.2 Å². The minimum absolute atomic E-state index is 0.118. The molecule has 0 atom stereocenters. The van der Waals surface area contributed by atoms with Gasteiger partial charge in [0.15, 0.2) is 0 Å². The maximum atomic E-state index is 13.1. The Bertz CT molecular complexity index is 1050. The van der Waals surface area contributed by atoms with Crippen molar-refractivity contribution in [2.24, 2.45) is 0 Å². The largest absolute Gasteiger partial charge is 0.490 e. The topological polar surface area (TPSA) is 75.7 Å². The molecule has 2 aromatic carbocycles. The smallest absolute Gasteiger partial charge is 0.335 e. The van der Waals surface area contributed by atoms with E-state index in [1.54, 1.807) is 36.4 Å². The normalized spacial score (nSPS) is 15.9. The quantitative estimate of drug-likeness (QED) is 0.504. The number of halogens is 2. The predicted molar refractivity (Wildman–Crippen MR) is 115 cm³/mol. The molecule has 1 fully saturated rings. The fraction of sp³-hybridized carbons (Fsp3) is 0.190. The third kappa shape index (κ3) is 4.52. The Morgan fingerprint density at radius 2 is 1.86 bits per heavy atom. The molecular formula is C21H18BrClN2O4. The highest BCUT2D eigenvalue weighted by Gasteiger charge is 2.37. The van der Waals surface area contributed by atoms with E-state index in [-0.39, 0.29) is 11.7 Å². The van der Waals surface area contributed by atoms with Crippen LogP contribution in [0.4, 0.5) is 10.5 Å². The number of hydrogen-bond donors (Lipinski definition) is 1. The number of ether oxygens (including phenoxy) is 1. The first-order valence-corrected chi connectivity index (χ1v) is 9.98. The molecule has 4 amide bonds. The average Bonchev–Trinajstić information content (AvgIpc) is 2.63. The average molecular weight is 478 g/mol. The summed E-state index contributed by atoms with van der Waals surface area (Å²) in [6, 6.07) is 9.15. The zero-order chi connectivity index (χ0) is 21.3. The number of nitrogens with zero attached hydrogens (tertiary/aromatic N) is 1. The number of aryl methyl sites for hydroxylation is 1.